The molecule has 0 unspecified atom stereocenters. The maximum atomic E-state index is 12.9. The number of halogens is 1. The van der Waals surface area contributed by atoms with E-state index in [1.165, 1.54) is 39.5 Å². The predicted molar refractivity (Wildman–Crippen MR) is 142 cm³/mol. The molecule has 2 N–H and O–H groups in total. The molecule has 4 amide bonds. The molecule has 1 aliphatic heterocycles. The number of nitrogens with one attached hydrogen (secondary N) is 2. The third-order valence-electron chi connectivity index (χ3n) is 5.59. The van der Waals surface area contributed by atoms with Crippen molar-refractivity contribution in [2.75, 3.05) is 33.3 Å². The van der Waals surface area contributed by atoms with E-state index in [-0.39, 0.29) is 47.6 Å². The molecule has 13 heteroatoms. The van der Waals surface area contributed by atoms with Crippen molar-refractivity contribution in [3.63, 3.8) is 0 Å². The van der Waals surface area contributed by atoms with E-state index in [1.54, 1.807) is 36.4 Å². The summed E-state index contributed by atoms with van der Waals surface area (Å²) in [6.45, 7) is -0.541. The minimum atomic E-state index is -0.679. The summed E-state index contributed by atoms with van der Waals surface area (Å²) in [5.74, 6) is -0.928. The average molecular weight is 570 g/mol. The number of esters is 1. The number of imide groups is 1. The number of methoxy groups -OCH3 is 3. The van der Waals surface area contributed by atoms with Gasteiger partial charge in [-0.05, 0) is 60.2 Å². The van der Waals surface area contributed by atoms with E-state index < -0.39 is 23.8 Å². The largest absolute Gasteiger partial charge is 0.493 e. The Morgan fingerprint density at radius 3 is 2.33 bits per heavy atom. The van der Waals surface area contributed by atoms with Crippen LogP contribution in [0.2, 0.25) is 5.02 Å². The summed E-state index contributed by atoms with van der Waals surface area (Å²) < 4.78 is 26.5. The van der Waals surface area contributed by atoms with Gasteiger partial charge in [0.1, 0.15) is 11.5 Å². The highest BCUT2D eigenvalue weighted by molar-refractivity contribution is 6.30. The first-order valence-electron chi connectivity index (χ1n) is 11.7. The second-order valence-electron chi connectivity index (χ2n) is 8.24. The maximum absolute atomic E-state index is 12.9. The Hall–Kier alpha value is -4.97. The van der Waals surface area contributed by atoms with Crippen molar-refractivity contribution in [1.82, 2.24) is 10.2 Å². The lowest BCUT2D eigenvalue weighted by atomic mass is 10.1. The molecule has 0 bridgehead atoms. The Morgan fingerprint density at radius 2 is 1.70 bits per heavy atom. The van der Waals surface area contributed by atoms with Crippen LogP contribution in [-0.2, 0) is 20.9 Å². The van der Waals surface area contributed by atoms with Crippen LogP contribution >= 0.6 is 11.6 Å². The van der Waals surface area contributed by atoms with Crippen LogP contribution in [-0.4, -0.2) is 56.7 Å². The number of anilines is 1. The molecule has 0 atom stereocenters. The van der Waals surface area contributed by atoms with Gasteiger partial charge in [0.2, 0.25) is 11.5 Å². The third-order valence-corrected chi connectivity index (χ3v) is 5.85. The molecule has 1 fully saturated rings. The summed E-state index contributed by atoms with van der Waals surface area (Å²) in [6, 6.07) is 11.9. The number of ether oxygens (including phenoxy) is 4. The molecule has 1 aromatic heterocycles. The number of hydrogen-bond donors (Lipinski definition) is 2. The Morgan fingerprint density at radius 1 is 1.02 bits per heavy atom. The highest BCUT2D eigenvalue weighted by Crippen LogP contribution is 2.39. The molecule has 12 nitrogen and oxygen atoms in total. The van der Waals surface area contributed by atoms with E-state index in [4.69, 9.17) is 30.2 Å². The molecule has 1 saturated heterocycles. The molecule has 40 heavy (non-hydrogen) atoms. The average Bonchev–Trinajstić information content (AvgIpc) is 3.52. The number of amides is 4. The van der Waals surface area contributed by atoms with E-state index in [9.17, 15) is 19.2 Å². The molecule has 0 aliphatic carbocycles. The zero-order valence-electron chi connectivity index (χ0n) is 21.6. The van der Waals surface area contributed by atoms with Gasteiger partial charge >= 0.3 is 12.0 Å². The lowest BCUT2D eigenvalue weighted by molar-refractivity contribution is -0.123. The van der Waals surface area contributed by atoms with Crippen molar-refractivity contribution >= 4 is 47.2 Å². The van der Waals surface area contributed by atoms with Gasteiger partial charge in [0, 0.05) is 10.7 Å². The fourth-order valence-corrected chi connectivity index (χ4v) is 3.83. The number of carbonyl (C=O) groups is 4. The highest BCUT2D eigenvalue weighted by atomic mass is 35.5. The van der Waals surface area contributed by atoms with Crippen LogP contribution in [0, 0.1) is 0 Å². The van der Waals surface area contributed by atoms with E-state index in [2.05, 4.69) is 15.4 Å². The lowest BCUT2D eigenvalue weighted by Gasteiger charge is -2.15. The van der Waals surface area contributed by atoms with E-state index in [1.807, 2.05) is 0 Å². The SMILES string of the molecule is COC(=O)c1ccc(CN2C(=O)N/C(=C\c3cc(OC)c(OCC(=O)Nc4ccc(Cl)cc4)c(OC)c3)C2=O)o1. The number of furan rings is 1. The van der Waals surface area contributed by atoms with Gasteiger partial charge in [0.15, 0.2) is 18.1 Å². The Kier molecular flexibility index (Phi) is 8.60. The maximum Gasteiger partial charge on any atom is 0.373 e. The monoisotopic (exact) mass is 569 g/mol. The van der Waals surface area contributed by atoms with Crippen molar-refractivity contribution in [3.05, 3.63) is 76.3 Å². The number of urea groups is 1. The second-order valence-corrected chi connectivity index (χ2v) is 8.67. The van der Waals surface area contributed by atoms with E-state index in [0.29, 0.717) is 16.3 Å². The molecular formula is C27H24ClN3O9. The van der Waals surface area contributed by atoms with Crippen LogP contribution in [0.25, 0.3) is 6.08 Å². The van der Waals surface area contributed by atoms with Crippen LogP contribution in [0.1, 0.15) is 21.9 Å². The van der Waals surface area contributed by atoms with Crippen LogP contribution in [0.5, 0.6) is 17.2 Å². The summed E-state index contributed by atoms with van der Waals surface area (Å²) in [6.07, 6.45) is 1.43. The molecule has 3 aromatic rings. The summed E-state index contributed by atoms with van der Waals surface area (Å²) in [4.78, 5) is 50.3. The van der Waals surface area contributed by atoms with Crippen LogP contribution in [0.15, 0.2) is 58.6 Å². The highest BCUT2D eigenvalue weighted by Gasteiger charge is 2.34. The van der Waals surface area contributed by atoms with Crippen molar-refractivity contribution in [2.45, 2.75) is 6.54 Å². The molecule has 0 spiro atoms. The van der Waals surface area contributed by atoms with Gasteiger partial charge in [-0.1, -0.05) is 11.6 Å². The number of carbonyl (C=O) groups excluding carboxylic acids is 4. The third kappa shape index (κ3) is 6.35. The van der Waals surface area contributed by atoms with Gasteiger partial charge in [-0.15, -0.1) is 0 Å². The summed E-state index contributed by atoms with van der Waals surface area (Å²) in [5.41, 5.74) is 0.986. The fourth-order valence-electron chi connectivity index (χ4n) is 3.70. The van der Waals surface area contributed by atoms with Gasteiger partial charge < -0.3 is 34.0 Å². The number of rotatable bonds is 10. The quantitative estimate of drug-likeness (QED) is 0.211. The molecule has 0 radical (unpaired) electrons. The zero-order valence-corrected chi connectivity index (χ0v) is 22.4. The minimum absolute atomic E-state index is 0.00938. The van der Waals surface area contributed by atoms with Crippen molar-refractivity contribution in [1.29, 1.82) is 0 Å². The van der Waals surface area contributed by atoms with Crippen molar-refractivity contribution in [2.24, 2.45) is 0 Å². The second kappa shape index (κ2) is 12.3. The van der Waals surface area contributed by atoms with E-state index in [0.717, 1.165) is 4.90 Å². The molecule has 2 heterocycles. The zero-order chi connectivity index (χ0) is 28.8. The van der Waals surface area contributed by atoms with Gasteiger partial charge in [0.25, 0.3) is 11.8 Å². The lowest BCUT2D eigenvalue weighted by Crippen LogP contribution is -2.30. The summed E-state index contributed by atoms with van der Waals surface area (Å²) >= 11 is 5.86. The Bertz CT molecular complexity index is 1460. The summed E-state index contributed by atoms with van der Waals surface area (Å²) in [7, 11) is 4.02. The first-order chi connectivity index (χ1) is 19.2. The summed E-state index contributed by atoms with van der Waals surface area (Å²) in [5, 5.41) is 5.74. The number of hydrogen-bond acceptors (Lipinski definition) is 9. The van der Waals surface area contributed by atoms with Crippen LogP contribution in [0.3, 0.4) is 0 Å². The van der Waals surface area contributed by atoms with Crippen molar-refractivity contribution < 1.29 is 42.5 Å². The standard InChI is InChI=1S/C27H24ClN3O9/c1-36-21-11-15(12-22(37-2)24(21)39-14-23(32)29-17-6-4-16(28)5-7-17)10-19-25(33)31(27(35)30-19)13-18-8-9-20(40-18)26(34)38-3/h4-12H,13-14H2,1-3H3,(H,29,32)(H,30,35)/b19-10-. The van der Waals surface area contributed by atoms with Gasteiger partial charge in [-0.3, -0.25) is 14.5 Å². The minimum Gasteiger partial charge on any atom is -0.493 e. The van der Waals surface area contributed by atoms with Crippen LogP contribution in [0.4, 0.5) is 10.5 Å². The predicted octanol–water partition coefficient (Wildman–Crippen LogP) is 3.85. The fraction of sp³-hybridized carbons (Fsp3) is 0.185. The molecular weight excluding hydrogens is 546 g/mol. The molecule has 0 saturated carbocycles. The van der Waals surface area contributed by atoms with Crippen LogP contribution < -0.4 is 24.8 Å². The number of nitrogens with zero attached hydrogens (tertiary/aromatic N) is 1. The van der Waals surface area contributed by atoms with Gasteiger partial charge in [0.05, 0.1) is 27.9 Å². The normalized spacial score (nSPS) is 13.7. The molecule has 1 aliphatic rings. The molecule has 2 aromatic carbocycles. The first kappa shape index (κ1) is 28.0. The molecule has 4 rings (SSSR count). The molecule has 208 valence electrons. The van der Waals surface area contributed by atoms with Gasteiger partial charge in [-0.2, -0.15) is 0 Å². The first-order valence-corrected chi connectivity index (χ1v) is 12.1. The van der Waals surface area contributed by atoms with Crippen molar-refractivity contribution in [3.8, 4) is 17.2 Å². The van der Waals surface area contributed by atoms with E-state index >= 15 is 0 Å². The smallest absolute Gasteiger partial charge is 0.373 e. The Labute approximate surface area is 233 Å². The Balaban J connectivity index is 1.48. The van der Waals surface area contributed by atoms with Gasteiger partial charge in [-0.25, -0.2) is 9.59 Å². The number of benzene rings is 2. The topological polar surface area (TPSA) is 146 Å².